The van der Waals surface area contributed by atoms with Crippen LogP contribution in [0.1, 0.15) is 91.7 Å². The SMILES string of the molecule is O=C(NC1CCc2ccc(C(=O)N3CCC4(CC3)CCN(c3ccncc3)CC4)cc21)C1CCCCC1. The van der Waals surface area contributed by atoms with Crippen LogP contribution in [0.2, 0.25) is 0 Å². The molecule has 2 saturated heterocycles. The smallest absolute Gasteiger partial charge is 0.253 e. The number of carbonyl (C=O) groups excluding carboxylic acids is 2. The fourth-order valence-electron chi connectivity index (χ4n) is 7.20. The first kappa shape index (κ1) is 24.4. The van der Waals surface area contributed by atoms with E-state index < -0.39 is 0 Å². The number of anilines is 1. The summed E-state index contributed by atoms with van der Waals surface area (Å²) in [5, 5.41) is 3.33. The molecule has 196 valence electrons. The normalized spacial score (nSPS) is 23.6. The van der Waals surface area contributed by atoms with Crippen LogP contribution in [0.4, 0.5) is 5.69 Å². The molecular weight excluding hydrogens is 460 g/mol. The molecular formula is C31H40N4O2. The molecule has 0 bridgehead atoms. The summed E-state index contributed by atoms with van der Waals surface area (Å²) in [7, 11) is 0. The zero-order chi connectivity index (χ0) is 25.2. The molecule has 0 radical (unpaired) electrons. The summed E-state index contributed by atoms with van der Waals surface area (Å²) in [6.45, 7) is 3.84. The number of rotatable bonds is 4. The average Bonchev–Trinajstić information content (AvgIpc) is 3.36. The molecule has 1 saturated carbocycles. The van der Waals surface area contributed by atoms with Crippen molar-refractivity contribution < 1.29 is 9.59 Å². The first-order chi connectivity index (χ1) is 18.1. The van der Waals surface area contributed by atoms with Gasteiger partial charge in [0, 0.05) is 55.7 Å². The number of nitrogens with one attached hydrogen (secondary N) is 1. The molecule has 2 aliphatic heterocycles. The molecule has 6 nitrogen and oxygen atoms in total. The Hall–Kier alpha value is -2.89. The van der Waals surface area contributed by atoms with E-state index in [2.05, 4.69) is 44.4 Å². The molecule has 1 atom stereocenters. The van der Waals surface area contributed by atoms with Crippen LogP contribution >= 0.6 is 0 Å². The van der Waals surface area contributed by atoms with Gasteiger partial charge in [-0.1, -0.05) is 25.3 Å². The number of nitrogens with zero attached hydrogens (tertiary/aromatic N) is 3. The van der Waals surface area contributed by atoms with Crippen molar-refractivity contribution in [2.24, 2.45) is 11.3 Å². The van der Waals surface area contributed by atoms with E-state index in [4.69, 9.17) is 0 Å². The van der Waals surface area contributed by atoms with Gasteiger partial charge in [-0.05, 0) is 92.2 Å². The first-order valence-electron chi connectivity index (χ1n) is 14.5. The minimum absolute atomic E-state index is 0.0485. The molecule has 3 heterocycles. The van der Waals surface area contributed by atoms with Crippen LogP contribution in [0.5, 0.6) is 0 Å². The molecule has 1 spiro atoms. The molecule has 1 N–H and O–H groups in total. The van der Waals surface area contributed by atoms with Crippen molar-refractivity contribution in [3.8, 4) is 0 Å². The van der Waals surface area contributed by atoms with Gasteiger partial charge in [-0.2, -0.15) is 0 Å². The third-order valence-electron chi connectivity index (χ3n) is 9.73. The Bertz CT molecular complexity index is 1110. The van der Waals surface area contributed by atoms with Crippen molar-refractivity contribution >= 4 is 17.5 Å². The number of hydrogen-bond acceptors (Lipinski definition) is 4. The first-order valence-corrected chi connectivity index (χ1v) is 14.5. The van der Waals surface area contributed by atoms with Gasteiger partial charge in [-0.15, -0.1) is 0 Å². The number of fused-ring (bicyclic) bond motifs is 1. The van der Waals surface area contributed by atoms with Gasteiger partial charge in [0.25, 0.3) is 5.91 Å². The molecule has 37 heavy (non-hydrogen) atoms. The fourth-order valence-corrected chi connectivity index (χ4v) is 7.20. The Kier molecular flexibility index (Phi) is 6.92. The zero-order valence-electron chi connectivity index (χ0n) is 22.0. The Labute approximate surface area is 220 Å². The van der Waals surface area contributed by atoms with Crippen LogP contribution < -0.4 is 10.2 Å². The molecule has 1 aromatic heterocycles. The van der Waals surface area contributed by atoms with Crippen molar-refractivity contribution in [2.75, 3.05) is 31.1 Å². The monoisotopic (exact) mass is 500 g/mol. The van der Waals surface area contributed by atoms with E-state index in [1.807, 2.05) is 18.5 Å². The number of benzene rings is 1. The summed E-state index contributed by atoms with van der Waals surface area (Å²) in [4.78, 5) is 35.1. The Morgan fingerprint density at radius 2 is 1.57 bits per heavy atom. The highest BCUT2D eigenvalue weighted by Gasteiger charge is 2.39. The van der Waals surface area contributed by atoms with Crippen LogP contribution in [-0.2, 0) is 11.2 Å². The maximum Gasteiger partial charge on any atom is 0.253 e. The van der Waals surface area contributed by atoms with Crippen LogP contribution in [0.15, 0.2) is 42.7 Å². The Morgan fingerprint density at radius 1 is 0.865 bits per heavy atom. The van der Waals surface area contributed by atoms with Crippen LogP contribution in [0.25, 0.3) is 0 Å². The second-order valence-corrected chi connectivity index (χ2v) is 11.8. The highest BCUT2D eigenvalue weighted by Crippen LogP contribution is 2.42. The van der Waals surface area contributed by atoms with Gasteiger partial charge in [0.15, 0.2) is 0 Å². The lowest BCUT2D eigenvalue weighted by Crippen LogP contribution is -2.48. The molecule has 6 heteroatoms. The standard InChI is InChI=1S/C31H40N4O2/c36-29(24-4-2-1-3-5-24)33-28-9-8-23-6-7-25(22-27(23)28)30(37)35-20-14-31(15-21-35)12-18-34(19-13-31)26-10-16-32-17-11-26/h6-7,10-11,16-17,22,24,28H,1-5,8-9,12-15,18-21H2,(H,33,36). The number of carbonyl (C=O) groups is 2. The number of hydrogen-bond donors (Lipinski definition) is 1. The summed E-state index contributed by atoms with van der Waals surface area (Å²) < 4.78 is 0. The Morgan fingerprint density at radius 3 is 2.30 bits per heavy atom. The van der Waals surface area contributed by atoms with Gasteiger partial charge in [-0.25, -0.2) is 0 Å². The quantitative estimate of drug-likeness (QED) is 0.620. The van der Waals surface area contributed by atoms with E-state index in [0.717, 1.165) is 88.7 Å². The van der Waals surface area contributed by atoms with E-state index in [-0.39, 0.29) is 23.8 Å². The van der Waals surface area contributed by atoms with Crippen LogP contribution in [-0.4, -0.2) is 47.9 Å². The summed E-state index contributed by atoms with van der Waals surface area (Å²) in [6, 6.07) is 10.4. The molecule has 4 aliphatic rings. The van der Waals surface area contributed by atoms with Crippen molar-refractivity contribution in [3.63, 3.8) is 0 Å². The number of aryl methyl sites for hydroxylation is 1. The van der Waals surface area contributed by atoms with E-state index >= 15 is 0 Å². The largest absolute Gasteiger partial charge is 0.371 e. The summed E-state index contributed by atoms with van der Waals surface area (Å²) in [6.07, 6.45) is 15.8. The van der Waals surface area contributed by atoms with Gasteiger partial charge in [0.1, 0.15) is 0 Å². The lowest BCUT2D eigenvalue weighted by atomic mass is 9.71. The van der Waals surface area contributed by atoms with Gasteiger partial charge in [0.2, 0.25) is 5.91 Å². The number of pyridine rings is 1. The minimum atomic E-state index is 0.0485. The van der Waals surface area contributed by atoms with E-state index in [1.54, 1.807) is 0 Å². The van der Waals surface area contributed by atoms with E-state index in [1.165, 1.54) is 30.5 Å². The molecule has 2 aromatic rings. The van der Waals surface area contributed by atoms with Crippen molar-refractivity contribution in [3.05, 3.63) is 59.4 Å². The van der Waals surface area contributed by atoms with Crippen molar-refractivity contribution in [1.82, 2.24) is 15.2 Å². The molecule has 6 rings (SSSR count). The molecule has 3 fully saturated rings. The van der Waals surface area contributed by atoms with Crippen LogP contribution in [0, 0.1) is 11.3 Å². The van der Waals surface area contributed by atoms with Crippen LogP contribution in [0.3, 0.4) is 0 Å². The van der Waals surface area contributed by atoms with Crippen molar-refractivity contribution in [2.45, 2.75) is 76.7 Å². The minimum Gasteiger partial charge on any atom is -0.371 e. The lowest BCUT2D eigenvalue weighted by molar-refractivity contribution is -0.126. The zero-order valence-corrected chi connectivity index (χ0v) is 22.0. The second-order valence-electron chi connectivity index (χ2n) is 11.8. The van der Waals surface area contributed by atoms with E-state index in [9.17, 15) is 9.59 Å². The highest BCUT2D eigenvalue weighted by molar-refractivity contribution is 5.94. The van der Waals surface area contributed by atoms with Gasteiger partial charge >= 0.3 is 0 Å². The average molecular weight is 501 g/mol. The van der Waals surface area contributed by atoms with Crippen molar-refractivity contribution in [1.29, 1.82) is 0 Å². The molecule has 2 amide bonds. The topological polar surface area (TPSA) is 65.5 Å². The predicted octanol–water partition coefficient (Wildman–Crippen LogP) is 5.29. The highest BCUT2D eigenvalue weighted by atomic mass is 16.2. The third-order valence-corrected chi connectivity index (χ3v) is 9.73. The predicted molar refractivity (Wildman–Crippen MR) is 145 cm³/mol. The third kappa shape index (κ3) is 5.12. The number of amides is 2. The number of aromatic nitrogens is 1. The molecule has 1 aromatic carbocycles. The number of piperidine rings is 2. The van der Waals surface area contributed by atoms with Gasteiger partial charge in [0.05, 0.1) is 6.04 Å². The summed E-state index contributed by atoms with van der Waals surface area (Å²) >= 11 is 0. The summed E-state index contributed by atoms with van der Waals surface area (Å²) in [5.74, 6) is 0.529. The van der Waals surface area contributed by atoms with E-state index in [0.29, 0.717) is 5.41 Å². The van der Waals surface area contributed by atoms with Gasteiger partial charge in [-0.3, -0.25) is 14.6 Å². The fraction of sp³-hybridized carbons (Fsp3) is 0.581. The molecule has 2 aliphatic carbocycles. The Balaban J connectivity index is 1.06. The summed E-state index contributed by atoms with van der Waals surface area (Å²) in [5.41, 5.74) is 4.85. The number of likely N-dealkylation sites (tertiary alicyclic amines) is 1. The maximum atomic E-state index is 13.5. The lowest BCUT2D eigenvalue weighted by Gasteiger charge is -2.47. The molecule has 1 unspecified atom stereocenters. The maximum absolute atomic E-state index is 13.5. The van der Waals surface area contributed by atoms with Gasteiger partial charge < -0.3 is 15.1 Å². The second kappa shape index (κ2) is 10.5.